The summed E-state index contributed by atoms with van der Waals surface area (Å²) in [6, 6.07) is 19.1. The van der Waals surface area contributed by atoms with Crippen molar-refractivity contribution in [2.45, 2.75) is 24.5 Å². The lowest BCUT2D eigenvalue weighted by Gasteiger charge is -2.15. The summed E-state index contributed by atoms with van der Waals surface area (Å²) in [5.74, 6) is 0.537. The molecule has 0 amide bonds. The van der Waals surface area contributed by atoms with Gasteiger partial charge in [-0.2, -0.15) is 5.10 Å². The fraction of sp³-hybridized carbons (Fsp3) is 0.227. The molecule has 0 saturated carbocycles. The fourth-order valence-electron chi connectivity index (χ4n) is 3.90. The van der Waals surface area contributed by atoms with Crippen LogP contribution in [0.4, 0.5) is 11.5 Å². The molecule has 11 nitrogen and oxygen atoms in total. The highest BCUT2D eigenvalue weighted by molar-refractivity contribution is 6.00. The Balaban J connectivity index is 1.65. The summed E-state index contributed by atoms with van der Waals surface area (Å²) in [4.78, 5) is 11.6. The van der Waals surface area contributed by atoms with Crippen LogP contribution >= 0.6 is 0 Å². The van der Waals surface area contributed by atoms with Gasteiger partial charge in [0.2, 0.25) is 0 Å². The molecule has 4 aromatic rings. The zero-order valence-corrected chi connectivity index (χ0v) is 17.3. The topological polar surface area (TPSA) is 154 Å². The van der Waals surface area contributed by atoms with Crippen LogP contribution in [0.2, 0.25) is 0 Å². The van der Waals surface area contributed by atoms with E-state index in [9.17, 15) is 10.2 Å². The first kappa shape index (κ1) is 20.9. The standard InChI is InChI=1S/C22H20N8O3/c23-29-26-11-15-18(31)19(32)22(33-15)30-21-16(17(28-30)13-7-3-1-4-8-13)20(24-12-25-21)27-14-9-5-2-6-10-14/h1-10,12,15,18-19,22,31-32H,11H2,(H,24,25,27)/t15-,18+,19+,22-/m1/s1. The number of hydrogen-bond donors (Lipinski definition) is 3. The lowest BCUT2D eigenvalue weighted by atomic mass is 10.1. The number of ether oxygens (including phenoxy) is 1. The molecule has 5 rings (SSSR count). The first-order valence-corrected chi connectivity index (χ1v) is 10.3. The maximum atomic E-state index is 10.7. The number of azide groups is 1. The van der Waals surface area contributed by atoms with E-state index in [-0.39, 0.29) is 6.54 Å². The van der Waals surface area contributed by atoms with E-state index in [1.165, 1.54) is 11.0 Å². The Labute approximate surface area is 187 Å². The third-order valence-electron chi connectivity index (χ3n) is 5.48. The maximum Gasteiger partial charge on any atom is 0.181 e. The minimum atomic E-state index is -1.30. The molecular weight excluding hydrogens is 424 g/mol. The lowest BCUT2D eigenvalue weighted by Crippen LogP contribution is -2.33. The van der Waals surface area contributed by atoms with Gasteiger partial charge < -0.3 is 20.3 Å². The average molecular weight is 444 g/mol. The molecule has 3 N–H and O–H groups in total. The highest BCUT2D eigenvalue weighted by Crippen LogP contribution is 2.37. The highest BCUT2D eigenvalue weighted by atomic mass is 16.6. The van der Waals surface area contributed by atoms with E-state index < -0.39 is 24.5 Å². The molecule has 4 atom stereocenters. The second-order valence-electron chi connectivity index (χ2n) is 7.53. The number of rotatable bonds is 6. The Morgan fingerprint density at radius 3 is 2.48 bits per heavy atom. The number of nitrogens with one attached hydrogen (secondary N) is 1. The molecule has 0 spiro atoms. The van der Waals surface area contributed by atoms with Gasteiger partial charge in [-0.3, -0.25) is 0 Å². The van der Waals surface area contributed by atoms with Crippen LogP contribution in [-0.2, 0) is 4.74 Å². The highest BCUT2D eigenvalue weighted by Gasteiger charge is 2.44. The van der Waals surface area contributed by atoms with Crippen LogP contribution in [-0.4, -0.2) is 54.8 Å². The number of anilines is 2. The number of hydrogen-bond acceptors (Lipinski definition) is 8. The zero-order chi connectivity index (χ0) is 22.8. The third-order valence-corrected chi connectivity index (χ3v) is 5.48. The number of benzene rings is 2. The molecule has 33 heavy (non-hydrogen) atoms. The van der Waals surface area contributed by atoms with Crippen molar-refractivity contribution in [2.75, 3.05) is 11.9 Å². The summed E-state index contributed by atoms with van der Waals surface area (Å²) in [5.41, 5.74) is 11.3. The predicted molar refractivity (Wildman–Crippen MR) is 120 cm³/mol. The van der Waals surface area contributed by atoms with Gasteiger partial charge in [0.1, 0.15) is 30.0 Å². The van der Waals surface area contributed by atoms with Crippen LogP contribution in [0.25, 0.3) is 32.7 Å². The van der Waals surface area contributed by atoms with Gasteiger partial charge in [0, 0.05) is 16.2 Å². The number of nitrogens with zero attached hydrogens (tertiary/aromatic N) is 7. The third kappa shape index (κ3) is 3.86. The van der Waals surface area contributed by atoms with Crippen molar-refractivity contribution in [2.24, 2.45) is 5.11 Å². The number of aliphatic hydroxyl groups excluding tert-OH is 2. The van der Waals surface area contributed by atoms with Crippen LogP contribution in [0, 0.1) is 0 Å². The van der Waals surface area contributed by atoms with Crippen molar-refractivity contribution in [3.8, 4) is 11.3 Å². The number of fused-ring (bicyclic) bond motifs is 1. The fourth-order valence-corrected chi connectivity index (χ4v) is 3.90. The largest absolute Gasteiger partial charge is 0.388 e. The number of para-hydroxylation sites is 1. The van der Waals surface area contributed by atoms with E-state index in [0.29, 0.717) is 22.5 Å². The van der Waals surface area contributed by atoms with E-state index in [2.05, 4.69) is 25.3 Å². The number of aliphatic hydroxyl groups is 2. The van der Waals surface area contributed by atoms with Crippen molar-refractivity contribution < 1.29 is 14.9 Å². The molecule has 1 fully saturated rings. The van der Waals surface area contributed by atoms with E-state index in [4.69, 9.17) is 15.4 Å². The first-order valence-electron chi connectivity index (χ1n) is 10.3. The van der Waals surface area contributed by atoms with Gasteiger partial charge in [0.05, 0.1) is 18.0 Å². The van der Waals surface area contributed by atoms with Crippen LogP contribution in [0.15, 0.2) is 72.1 Å². The quantitative estimate of drug-likeness (QED) is 0.234. The van der Waals surface area contributed by atoms with E-state index in [1.54, 1.807) is 0 Å². The smallest absolute Gasteiger partial charge is 0.181 e. The summed E-state index contributed by atoms with van der Waals surface area (Å²) < 4.78 is 7.29. The summed E-state index contributed by atoms with van der Waals surface area (Å²) in [7, 11) is 0. The Hall–Kier alpha value is -4.02. The van der Waals surface area contributed by atoms with Crippen molar-refractivity contribution in [1.82, 2.24) is 19.7 Å². The van der Waals surface area contributed by atoms with Gasteiger partial charge in [0.15, 0.2) is 11.9 Å². The van der Waals surface area contributed by atoms with Gasteiger partial charge in [-0.1, -0.05) is 53.6 Å². The molecule has 0 radical (unpaired) electrons. The van der Waals surface area contributed by atoms with E-state index >= 15 is 0 Å². The van der Waals surface area contributed by atoms with Gasteiger partial charge >= 0.3 is 0 Å². The number of aromatic nitrogens is 4. The molecular formula is C22H20N8O3. The van der Waals surface area contributed by atoms with Gasteiger partial charge in [-0.05, 0) is 17.7 Å². The van der Waals surface area contributed by atoms with Crippen molar-refractivity contribution in [3.05, 3.63) is 77.4 Å². The Morgan fingerprint density at radius 1 is 1.03 bits per heavy atom. The normalized spacial score (nSPS) is 22.2. The van der Waals surface area contributed by atoms with Crippen LogP contribution in [0.3, 0.4) is 0 Å². The molecule has 1 aliphatic rings. The van der Waals surface area contributed by atoms with Crippen LogP contribution in [0.1, 0.15) is 6.23 Å². The second-order valence-corrected chi connectivity index (χ2v) is 7.53. The Kier molecular flexibility index (Phi) is 5.59. The summed E-state index contributed by atoms with van der Waals surface area (Å²) in [5, 5.41) is 33.2. The monoisotopic (exact) mass is 444 g/mol. The molecule has 11 heteroatoms. The van der Waals surface area contributed by atoms with E-state index in [0.717, 1.165) is 11.3 Å². The SMILES string of the molecule is [N-]=[N+]=NC[C@H]1O[C@@H](n2nc(-c3ccccc3)c3c(Nc4ccccc4)ncnc32)[C@@H](O)[C@H]1O. The molecule has 0 unspecified atom stereocenters. The predicted octanol–water partition coefficient (Wildman–Crippen LogP) is 3.17. The Bertz CT molecular complexity index is 1310. The molecule has 3 heterocycles. The summed E-state index contributed by atoms with van der Waals surface area (Å²) >= 11 is 0. The van der Waals surface area contributed by atoms with Crippen molar-refractivity contribution in [1.29, 1.82) is 0 Å². The van der Waals surface area contributed by atoms with Gasteiger partial charge in [-0.25, -0.2) is 14.6 Å². The average Bonchev–Trinajstić information content (AvgIpc) is 3.37. The van der Waals surface area contributed by atoms with Gasteiger partial charge in [-0.15, -0.1) is 0 Å². The lowest BCUT2D eigenvalue weighted by molar-refractivity contribution is -0.0391. The summed E-state index contributed by atoms with van der Waals surface area (Å²) in [6.07, 6.45) is -3.04. The summed E-state index contributed by atoms with van der Waals surface area (Å²) in [6.45, 7) is -0.119. The first-order chi connectivity index (χ1) is 16.2. The Morgan fingerprint density at radius 2 is 1.76 bits per heavy atom. The molecule has 0 bridgehead atoms. The van der Waals surface area contributed by atoms with Gasteiger partial charge in [0.25, 0.3) is 0 Å². The maximum absolute atomic E-state index is 10.7. The minimum absolute atomic E-state index is 0.119. The second kappa shape index (κ2) is 8.85. The van der Waals surface area contributed by atoms with Crippen molar-refractivity contribution >= 4 is 22.5 Å². The minimum Gasteiger partial charge on any atom is -0.388 e. The van der Waals surface area contributed by atoms with E-state index in [1.807, 2.05) is 60.7 Å². The zero-order valence-electron chi connectivity index (χ0n) is 17.3. The van der Waals surface area contributed by atoms with Crippen molar-refractivity contribution in [3.63, 3.8) is 0 Å². The molecule has 1 saturated heterocycles. The molecule has 0 aliphatic carbocycles. The molecule has 166 valence electrons. The molecule has 2 aromatic heterocycles. The molecule has 1 aliphatic heterocycles. The van der Waals surface area contributed by atoms with Crippen LogP contribution < -0.4 is 5.32 Å². The van der Waals surface area contributed by atoms with Crippen LogP contribution in [0.5, 0.6) is 0 Å². The molecule has 2 aromatic carbocycles.